The Labute approximate surface area is 147 Å². The molecular weight excluding hydrogens is 340 g/mol. The van der Waals surface area contributed by atoms with Gasteiger partial charge in [0.2, 0.25) is 11.8 Å². The van der Waals surface area contributed by atoms with Crippen molar-refractivity contribution in [2.24, 2.45) is 13.0 Å². The molecule has 1 atom stereocenters. The van der Waals surface area contributed by atoms with Crippen molar-refractivity contribution in [1.82, 2.24) is 24.6 Å². The van der Waals surface area contributed by atoms with Gasteiger partial charge >= 0.3 is 0 Å². The molecule has 8 nitrogen and oxygen atoms in total. The summed E-state index contributed by atoms with van der Waals surface area (Å²) in [6.45, 7) is 0.449. The van der Waals surface area contributed by atoms with E-state index in [0.717, 1.165) is 15.8 Å². The van der Waals surface area contributed by atoms with E-state index < -0.39 is 0 Å². The molecule has 128 valence electrons. The summed E-state index contributed by atoms with van der Waals surface area (Å²) in [5, 5.41) is 8.53. The van der Waals surface area contributed by atoms with Gasteiger partial charge in [0.15, 0.2) is 10.8 Å². The second-order valence-corrected chi connectivity index (χ2v) is 7.16. The number of fused-ring (bicyclic) bond motifs is 1. The van der Waals surface area contributed by atoms with Crippen molar-refractivity contribution >= 4 is 39.3 Å². The van der Waals surface area contributed by atoms with Crippen LogP contribution in [0.1, 0.15) is 6.42 Å². The first-order valence-corrected chi connectivity index (χ1v) is 8.61. The van der Waals surface area contributed by atoms with Gasteiger partial charge in [0.05, 0.1) is 10.8 Å². The molecule has 25 heavy (non-hydrogen) atoms. The molecule has 1 N–H and O–H groups in total. The van der Waals surface area contributed by atoms with Crippen LogP contribution in [0.4, 0.5) is 5.13 Å². The molecule has 4 rings (SSSR count). The number of nitrogens with zero attached hydrogens (tertiary/aromatic N) is 5. The Kier molecular flexibility index (Phi) is 3.72. The van der Waals surface area contributed by atoms with Crippen LogP contribution in [0.3, 0.4) is 0 Å². The topological polar surface area (TPSA) is 93.0 Å². The molecule has 1 aliphatic heterocycles. The lowest BCUT2D eigenvalue weighted by atomic mass is 10.1. The number of hydrogen-bond acceptors (Lipinski definition) is 6. The monoisotopic (exact) mass is 356 g/mol. The third-order valence-corrected chi connectivity index (χ3v) is 5.17. The minimum atomic E-state index is -0.321. The molecule has 0 aliphatic carbocycles. The van der Waals surface area contributed by atoms with Gasteiger partial charge in [-0.05, 0) is 6.07 Å². The van der Waals surface area contributed by atoms with Crippen LogP contribution in [0.2, 0.25) is 0 Å². The van der Waals surface area contributed by atoms with Crippen LogP contribution in [0.5, 0.6) is 0 Å². The van der Waals surface area contributed by atoms with E-state index >= 15 is 0 Å². The molecule has 2 amide bonds. The van der Waals surface area contributed by atoms with Crippen molar-refractivity contribution in [3.63, 3.8) is 0 Å². The van der Waals surface area contributed by atoms with E-state index in [0.29, 0.717) is 17.3 Å². The van der Waals surface area contributed by atoms with E-state index in [-0.39, 0.29) is 24.2 Å². The summed E-state index contributed by atoms with van der Waals surface area (Å²) in [6, 6.07) is 2.00. The zero-order valence-corrected chi connectivity index (χ0v) is 14.6. The molecule has 0 aromatic carbocycles. The van der Waals surface area contributed by atoms with Crippen LogP contribution in [0, 0.1) is 5.92 Å². The lowest BCUT2D eigenvalue weighted by Crippen LogP contribution is -2.25. The van der Waals surface area contributed by atoms with Crippen molar-refractivity contribution in [2.75, 3.05) is 18.9 Å². The fraction of sp³-hybridized carbons (Fsp3) is 0.312. The number of thiazole rings is 1. The first kappa shape index (κ1) is 15.7. The Morgan fingerprint density at radius 1 is 1.32 bits per heavy atom. The van der Waals surface area contributed by atoms with Crippen LogP contribution in [-0.2, 0) is 16.6 Å². The van der Waals surface area contributed by atoms with Gasteiger partial charge in [-0.1, -0.05) is 11.3 Å². The lowest BCUT2D eigenvalue weighted by molar-refractivity contribution is -0.127. The average Bonchev–Trinajstić information content (AvgIpc) is 3.25. The summed E-state index contributed by atoms with van der Waals surface area (Å²) in [6.07, 6.45) is 5.62. The molecule has 3 aromatic heterocycles. The zero-order valence-electron chi connectivity index (χ0n) is 13.8. The minimum absolute atomic E-state index is 0.00387. The molecule has 0 bridgehead atoms. The van der Waals surface area contributed by atoms with Crippen LogP contribution in [-0.4, -0.2) is 50.1 Å². The molecular formula is C16H16N6O2S. The Bertz CT molecular complexity index is 978. The summed E-state index contributed by atoms with van der Waals surface area (Å²) in [4.78, 5) is 34.9. The number of rotatable bonds is 3. The maximum Gasteiger partial charge on any atom is 0.231 e. The van der Waals surface area contributed by atoms with E-state index in [1.165, 1.54) is 11.3 Å². The highest BCUT2D eigenvalue weighted by molar-refractivity contribution is 7.19. The van der Waals surface area contributed by atoms with Crippen molar-refractivity contribution < 1.29 is 9.59 Å². The maximum absolute atomic E-state index is 12.3. The second-order valence-electron chi connectivity index (χ2n) is 6.13. The molecule has 1 aliphatic rings. The Balaban J connectivity index is 1.51. The fourth-order valence-electron chi connectivity index (χ4n) is 2.88. The molecule has 0 saturated carbocycles. The van der Waals surface area contributed by atoms with Gasteiger partial charge in [-0.2, -0.15) is 5.10 Å². The number of nitrogens with one attached hydrogen (secondary N) is 1. The number of anilines is 1. The predicted molar refractivity (Wildman–Crippen MR) is 94.0 cm³/mol. The van der Waals surface area contributed by atoms with E-state index in [2.05, 4.69) is 20.4 Å². The highest BCUT2D eigenvalue weighted by atomic mass is 32.1. The Hall–Kier alpha value is -2.81. The van der Waals surface area contributed by atoms with Crippen molar-refractivity contribution in [3.05, 3.63) is 24.7 Å². The quantitative estimate of drug-likeness (QED) is 0.768. The van der Waals surface area contributed by atoms with Crippen molar-refractivity contribution in [2.45, 2.75) is 6.42 Å². The van der Waals surface area contributed by atoms with Gasteiger partial charge in [-0.3, -0.25) is 14.3 Å². The fourth-order valence-corrected chi connectivity index (χ4v) is 3.68. The van der Waals surface area contributed by atoms with Gasteiger partial charge in [-0.25, -0.2) is 9.97 Å². The summed E-state index contributed by atoms with van der Waals surface area (Å²) < 4.78 is 1.72. The zero-order chi connectivity index (χ0) is 17.6. The standard InChI is InChI=1S/C16H16N6O2S/c1-21-7-11(4-13(21)23)15(24)19-16-18-6-12(25-16)9-3-10-8-22(2)20-14(10)17-5-9/h3,5-6,8,11H,4,7H2,1-2H3,(H,18,19,24). The van der Waals surface area contributed by atoms with Crippen LogP contribution in [0.25, 0.3) is 21.5 Å². The van der Waals surface area contributed by atoms with Gasteiger partial charge in [0, 0.05) is 56.6 Å². The molecule has 1 unspecified atom stereocenters. The number of aryl methyl sites for hydroxylation is 1. The molecule has 4 heterocycles. The number of amides is 2. The third-order valence-electron chi connectivity index (χ3n) is 4.21. The van der Waals surface area contributed by atoms with Gasteiger partial charge in [0.25, 0.3) is 0 Å². The summed E-state index contributed by atoms with van der Waals surface area (Å²) in [5.74, 6) is -0.492. The highest BCUT2D eigenvalue weighted by Crippen LogP contribution is 2.30. The number of carbonyl (C=O) groups is 2. The first-order chi connectivity index (χ1) is 12.0. The number of likely N-dealkylation sites (tertiary alicyclic amines) is 1. The Morgan fingerprint density at radius 2 is 2.16 bits per heavy atom. The Morgan fingerprint density at radius 3 is 2.92 bits per heavy atom. The molecule has 3 aromatic rings. The highest BCUT2D eigenvalue weighted by Gasteiger charge is 2.32. The van der Waals surface area contributed by atoms with Crippen molar-refractivity contribution in [1.29, 1.82) is 0 Å². The normalized spacial score (nSPS) is 17.4. The lowest BCUT2D eigenvalue weighted by Gasteiger charge is -2.09. The largest absolute Gasteiger partial charge is 0.345 e. The van der Waals surface area contributed by atoms with E-state index in [1.54, 1.807) is 29.0 Å². The molecule has 0 radical (unpaired) electrons. The van der Waals surface area contributed by atoms with E-state index in [4.69, 9.17) is 0 Å². The van der Waals surface area contributed by atoms with Gasteiger partial charge < -0.3 is 10.2 Å². The van der Waals surface area contributed by atoms with Gasteiger partial charge in [-0.15, -0.1) is 0 Å². The molecule has 1 fully saturated rings. The smallest absolute Gasteiger partial charge is 0.231 e. The maximum atomic E-state index is 12.3. The molecule has 1 saturated heterocycles. The molecule has 0 spiro atoms. The predicted octanol–water partition coefficient (Wildman–Crippen LogP) is 1.51. The van der Waals surface area contributed by atoms with E-state index in [1.807, 2.05) is 19.3 Å². The number of hydrogen-bond donors (Lipinski definition) is 1. The minimum Gasteiger partial charge on any atom is -0.345 e. The number of carbonyl (C=O) groups excluding carboxylic acids is 2. The number of pyridine rings is 1. The van der Waals surface area contributed by atoms with Crippen LogP contribution < -0.4 is 5.32 Å². The third kappa shape index (κ3) is 2.98. The second kappa shape index (κ2) is 5.92. The molecule has 9 heteroatoms. The van der Waals surface area contributed by atoms with Crippen LogP contribution in [0.15, 0.2) is 24.7 Å². The van der Waals surface area contributed by atoms with Crippen molar-refractivity contribution in [3.8, 4) is 10.4 Å². The summed E-state index contributed by atoms with van der Waals surface area (Å²) in [7, 11) is 3.56. The van der Waals surface area contributed by atoms with Crippen LogP contribution >= 0.6 is 11.3 Å². The van der Waals surface area contributed by atoms with Gasteiger partial charge in [0.1, 0.15) is 0 Å². The average molecular weight is 356 g/mol. The SMILES string of the molecule is CN1CC(C(=O)Nc2ncc(-c3cnc4nn(C)cc4c3)s2)CC1=O. The first-order valence-electron chi connectivity index (χ1n) is 7.80. The number of aromatic nitrogens is 4. The summed E-state index contributed by atoms with van der Waals surface area (Å²) in [5.41, 5.74) is 1.62. The van der Waals surface area contributed by atoms with E-state index in [9.17, 15) is 9.59 Å². The summed E-state index contributed by atoms with van der Waals surface area (Å²) >= 11 is 1.38.